The number of nitrogens with one attached hydrogen (secondary N) is 2. The molecule has 0 unspecified atom stereocenters. The summed E-state index contributed by atoms with van der Waals surface area (Å²) in [6.07, 6.45) is 3.07. The van der Waals surface area contributed by atoms with Gasteiger partial charge in [0.25, 0.3) is 10.0 Å². The number of imidazole rings is 1. The van der Waals surface area contributed by atoms with Crippen molar-refractivity contribution in [1.29, 1.82) is 0 Å². The summed E-state index contributed by atoms with van der Waals surface area (Å²) < 4.78 is 27.4. The fourth-order valence-electron chi connectivity index (χ4n) is 1.26. The summed E-state index contributed by atoms with van der Waals surface area (Å²) in [6.45, 7) is 1.37. The Morgan fingerprint density at radius 3 is 2.67 bits per heavy atom. The molecular weight excluding hydrogens is 240 g/mol. The molecule has 0 spiro atoms. The Kier molecular flexibility index (Phi) is 3.72. The third-order valence-corrected chi connectivity index (χ3v) is 3.64. The zero-order valence-corrected chi connectivity index (χ0v) is 9.81. The van der Waals surface area contributed by atoms with Crippen molar-refractivity contribution >= 4 is 22.4 Å². The summed E-state index contributed by atoms with van der Waals surface area (Å²) in [5.41, 5.74) is 0. The van der Waals surface area contributed by atoms with E-state index in [0.717, 1.165) is 0 Å². The number of rotatable bonds is 3. The van der Waals surface area contributed by atoms with Gasteiger partial charge in [-0.25, -0.2) is 18.1 Å². The largest absolute Gasteiger partial charge is 0.324 e. The molecule has 8 heteroatoms. The number of aromatic nitrogens is 2. The Hall–Kier alpha value is -0.630. The van der Waals surface area contributed by atoms with E-state index in [9.17, 15) is 8.42 Å². The Morgan fingerprint density at radius 2 is 2.27 bits per heavy atom. The van der Waals surface area contributed by atoms with Gasteiger partial charge in [-0.3, -0.25) is 0 Å². The number of halogens is 1. The Balaban J connectivity index is 0.00000112. The Bertz CT molecular complexity index is 426. The molecule has 6 nitrogen and oxygen atoms in total. The van der Waals surface area contributed by atoms with Gasteiger partial charge in [0, 0.05) is 38.6 Å². The number of aryl methyl sites for hydroxylation is 1. The molecule has 1 saturated heterocycles. The molecule has 0 bridgehead atoms. The first-order valence-electron chi connectivity index (χ1n) is 4.30. The minimum Gasteiger partial charge on any atom is -0.324 e. The van der Waals surface area contributed by atoms with Crippen LogP contribution in [0, 0.1) is 0 Å². The van der Waals surface area contributed by atoms with E-state index < -0.39 is 10.0 Å². The van der Waals surface area contributed by atoms with Crippen LogP contribution in [0.5, 0.6) is 0 Å². The lowest BCUT2D eigenvalue weighted by Crippen LogP contribution is -2.57. The zero-order chi connectivity index (χ0) is 10.2. The smallest absolute Gasteiger partial charge is 0.274 e. The van der Waals surface area contributed by atoms with Crippen molar-refractivity contribution in [1.82, 2.24) is 19.6 Å². The van der Waals surface area contributed by atoms with E-state index >= 15 is 0 Å². The van der Waals surface area contributed by atoms with Gasteiger partial charge in [-0.05, 0) is 0 Å². The van der Waals surface area contributed by atoms with Crippen LogP contribution in [0.1, 0.15) is 0 Å². The lowest BCUT2D eigenvalue weighted by Gasteiger charge is -2.27. The molecular formula is C7H13ClN4O2S. The monoisotopic (exact) mass is 252 g/mol. The van der Waals surface area contributed by atoms with E-state index in [4.69, 9.17) is 0 Å². The summed E-state index contributed by atoms with van der Waals surface area (Å²) in [6, 6.07) is -0.00306. The predicted molar refractivity (Wildman–Crippen MR) is 57.4 cm³/mol. The van der Waals surface area contributed by atoms with Crippen LogP contribution >= 0.6 is 12.4 Å². The lowest BCUT2D eigenvalue weighted by atomic mass is 10.2. The van der Waals surface area contributed by atoms with Crippen molar-refractivity contribution in [3.05, 3.63) is 12.4 Å². The third kappa shape index (κ3) is 2.49. The van der Waals surface area contributed by atoms with Gasteiger partial charge in [-0.15, -0.1) is 12.4 Å². The van der Waals surface area contributed by atoms with Crippen LogP contribution in [0.3, 0.4) is 0 Å². The fourth-order valence-corrected chi connectivity index (χ4v) is 2.61. The van der Waals surface area contributed by atoms with Crippen LogP contribution in [0.25, 0.3) is 0 Å². The maximum absolute atomic E-state index is 11.7. The summed E-state index contributed by atoms with van der Waals surface area (Å²) in [5.74, 6) is 0. The van der Waals surface area contributed by atoms with Crippen LogP contribution in [0.2, 0.25) is 0 Å². The van der Waals surface area contributed by atoms with Crippen LogP contribution in [0.4, 0.5) is 0 Å². The van der Waals surface area contributed by atoms with Crippen LogP contribution < -0.4 is 10.0 Å². The van der Waals surface area contributed by atoms with E-state index in [2.05, 4.69) is 15.0 Å². The van der Waals surface area contributed by atoms with Gasteiger partial charge in [0.15, 0.2) is 0 Å². The Labute approximate surface area is 94.5 Å². The van der Waals surface area contributed by atoms with Gasteiger partial charge < -0.3 is 9.88 Å². The molecule has 1 fully saturated rings. The molecule has 0 aromatic carbocycles. The molecule has 86 valence electrons. The van der Waals surface area contributed by atoms with Gasteiger partial charge in [0.05, 0.1) is 0 Å². The Morgan fingerprint density at radius 1 is 1.60 bits per heavy atom. The topological polar surface area (TPSA) is 76.0 Å². The van der Waals surface area contributed by atoms with Crippen molar-refractivity contribution in [2.75, 3.05) is 13.1 Å². The molecule has 2 heterocycles. The summed E-state index contributed by atoms with van der Waals surface area (Å²) in [5, 5.41) is 3.05. The maximum Gasteiger partial charge on any atom is 0.274 e. The number of sulfonamides is 1. The second-order valence-corrected chi connectivity index (χ2v) is 4.90. The molecule has 0 radical (unpaired) electrons. The second kappa shape index (κ2) is 4.48. The van der Waals surface area contributed by atoms with E-state index in [0.29, 0.717) is 13.1 Å². The molecule has 15 heavy (non-hydrogen) atoms. The first-order valence-corrected chi connectivity index (χ1v) is 5.78. The number of hydrogen-bond donors (Lipinski definition) is 2. The minimum atomic E-state index is -3.45. The van der Waals surface area contributed by atoms with E-state index in [1.165, 1.54) is 10.8 Å². The standard InChI is InChI=1S/C7H12N4O2S.ClH/c1-11-3-2-9-7(11)14(12,13)10-6-4-8-5-6;/h2-3,6,8,10H,4-5H2,1H3;1H. The predicted octanol–water partition coefficient (Wildman–Crippen LogP) is -0.908. The highest BCUT2D eigenvalue weighted by Crippen LogP contribution is 2.05. The number of hydrogen-bond acceptors (Lipinski definition) is 4. The van der Waals surface area contributed by atoms with Crippen molar-refractivity contribution in [3.8, 4) is 0 Å². The first-order chi connectivity index (χ1) is 6.59. The van der Waals surface area contributed by atoms with E-state index in [1.807, 2.05) is 0 Å². The van der Waals surface area contributed by atoms with E-state index in [1.54, 1.807) is 13.2 Å². The van der Waals surface area contributed by atoms with Gasteiger partial charge in [0.1, 0.15) is 0 Å². The molecule has 2 N–H and O–H groups in total. The SMILES string of the molecule is Cl.Cn1ccnc1S(=O)(=O)NC1CNC1. The molecule has 1 aromatic heterocycles. The van der Waals surface area contributed by atoms with Crippen molar-refractivity contribution in [2.45, 2.75) is 11.2 Å². The summed E-state index contributed by atoms with van der Waals surface area (Å²) in [7, 11) is -1.79. The van der Waals surface area contributed by atoms with Crippen molar-refractivity contribution in [3.63, 3.8) is 0 Å². The molecule has 1 aliphatic rings. The van der Waals surface area contributed by atoms with Crippen molar-refractivity contribution < 1.29 is 8.42 Å². The molecule has 0 amide bonds. The fraction of sp³-hybridized carbons (Fsp3) is 0.571. The average molecular weight is 253 g/mol. The highest BCUT2D eigenvalue weighted by molar-refractivity contribution is 7.89. The molecule has 0 saturated carbocycles. The molecule has 2 rings (SSSR count). The van der Waals surface area contributed by atoms with Crippen LogP contribution in [-0.2, 0) is 17.1 Å². The highest BCUT2D eigenvalue weighted by atomic mass is 35.5. The maximum atomic E-state index is 11.7. The van der Waals surface area contributed by atoms with Gasteiger partial charge in [-0.1, -0.05) is 0 Å². The lowest BCUT2D eigenvalue weighted by molar-refractivity contribution is 0.408. The average Bonchev–Trinajstić information content (AvgIpc) is 2.45. The number of nitrogens with zero attached hydrogens (tertiary/aromatic N) is 2. The molecule has 0 atom stereocenters. The normalized spacial score (nSPS) is 16.9. The van der Waals surface area contributed by atoms with Gasteiger partial charge >= 0.3 is 0 Å². The summed E-state index contributed by atoms with van der Waals surface area (Å²) >= 11 is 0. The van der Waals surface area contributed by atoms with Gasteiger partial charge in [0.2, 0.25) is 5.16 Å². The van der Waals surface area contributed by atoms with Crippen LogP contribution in [-0.4, -0.2) is 37.1 Å². The second-order valence-electron chi connectivity index (χ2n) is 3.30. The van der Waals surface area contributed by atoms with Gasteiger partial charge in [-0.2, -0.15) is 0 Å². The molecule has 1 aromatic rings. The first kappa shape index (κ1) is 12.4. The summed E-state index contributed by atoms with van der Waals surface area (Å²) in [4.78, 5) is 3.79. The van der Waals surface area contributed by atoms with E-state index in [-0.39, 0.29) is 23.6 Å². The van der Waals surface area contributed by atoms with Crippen molar-refractivity contribution in [2.24, 2.45) is 7.05 Å². The molecule has 1 aliphatic heterocycles. The quantitative estimate of drug-likeness (QED) is 0.731. The third-order valence-electron chi connectivity index (χ3n) is 2.12. The zero-order valence-electron chi connectivity index (χ0n) is 8.17. The molecule has 0 aliphatic carbocycles. The minimum absolute atomic E-state index is 0. The highest BCUT2D eigenvalue weighted by Gasteiger charge is 2.26. The van der Waals surface area contributed by atoms with Crippen LogP contribution in [0.15, 0.2) is 17.6 Å².